The van der Waals surface area contributed by atoms with E-state index in [2.05, 4.69) is 0 Å². The molecule has 0 aromatic heterocycles. The number of esters is 6. The fourth-order valence-corrected chi connectivity index (χ4v) is 6.37. The maximum atomic E-state index is 13.6. The highest BCUT2D eigenvalue weighted by Crippen LogP contribution is 2.42. The zero-order chi connectivity index (χ0) is 44.8. The molecule has 2 saturated heterocycles. The first-order valence-corrected chi connectivity index (χ1v) is 20.9. The quantitative estimate of drug-likeness (QED) is 0.109. The van der Waals surface area contributed by atoms with Crippen molar-refractivity contribution in [1.29, 1.82) is 0 Å². The second kappa shape index (κ2) is 24.2. The molecule has 2 aliphatic heterocycles. The minimum absolute atomic E-state index is 0.0362. The predicted octanol–water partition coefficient (Wildman–Crippen LogP) is 4.19. The van der Waals surface area contributed by atoms with Gasteiger partial charge in [-0.05, 0) is 35.5 Å². The normalized spacial score (nSPS) is 27.1. The average Bonchev–Trinajstić information content (AvgIpc) is 3.34. The van der Waals surface area contributed by atoms with Crippen LogP contribution in [0.4, 0.5) is 0 Å². The van der Waals surface area contributed by atoms with E-state index in [4.69, 9.17) is 42.6 Å². The molecule has 2 heterocycles. The molecule has 2 N–H and O–H groups in total. The van der Waals surface area contributed by atoms with Gasteiger partial charge in [-0.2, -0.15) is 0 Å². The van der Waals surface area contributed by atoms with Crippen molar-refractivity contribution in [2.24, 2.45) is 35.5 Å². The summed E-state index contributed by atoms with van der Waals surface area (Å²) in [6.45, 7) is 19.2. The van der Waals surface area contributed by atoms with Crippen molar-refractivity contribution in [3.8, 4) is 0 Å². The highest BCUT2D eigenvalue weighted by molar-refractivity contribution is 5.72. The van der Waals surface area contributed by atoms with Gasteiger partial charge in [0.1, 0.15) is 31.5 Å². The number of ether oxygens (including phenoxy) is 9. The van der Waals surface area contributed by atoms with Gasteiger partial charge in [0.15, 0.2) is 24.4 Å². The van der Waals surface area contributed by atoms with Crippen molar-refractivity contribution >= 4 is 35.8 Å². The number of rotatable bonds is 23. The summed E-state index contributed by atoms with van der Waals surface area (Å²) in [7, 11) is 0. The molecule has 0 spiro atoms. The van der Waals surface area contributed by atoms with E-state index in [0.29, 0.717) is 0 Å². The standard InChI is InChI=1S/C42H70O17/c1-22(2)13-30(44)51-20-29-38(55-33(47)16-25(7)8)40(57-35(49)18-27(11)12)42(58-29,21-52-31(45)14-23(3)4)59-41-39(56-34(48)17-26(9)10)36(50)37(28(19-43)53-41)54-32(46)15-24(5)6/h22-29,36-41,43,50H,13-21H2,1-12H3/t28-,29-,36+,37-,38-,39-,40+,41-,42+/m1/s1. The lowest BCUT2D eigenvalue weighted by atomic mass is 9.97. The van der Waals surface area contributed by atoms with Crippen LogP contribution in [0.15, 0.2) is 0 Å². The van der Waals surface area contributed by atoms with Crippen LogP contribution in [0, 0.1) is 35.5 Å². The lowest BCUT2D eigenvalue weighted by Crippen LogP contribution is -2.65. The Hall–Kier alpha value is -3.38. The lowest BCUT2D eigenvalue weighted by Gasteiger charge is -2.45. The Kier molecular flexibility index (Phi) is 21.2. The van der Waals surface area contributed by atoms with Crippen molar-refractivity contribution in [1.82, 2.24) is 0 Å². The summed E-state index contributed by atoms with van der Waals surface area (Å²) in [5, 5.41) is 22.3. The molecule has 17 nitrogen and oxygen atoms in total. The van der Waals surface area contributed by atoms with Gasteiger partial charge in [-0.25, -0.2) is 0 Å². The van der Waals surface area contributed by atoms with Crippen molar-refractivity contribution in [2.75, 3.05) is 19.8 Å². The van der Waals surface area contributed by atoms with Gasteiger partial charge in [0.05, 0.1) is 6.61 Å². The molecule has 0 bridgehead atoms. The SMILES string of the molecule is CC(C)CC(=O)OC[C@H]1O[C@@](COC(=O)CC(C)C)(O[C@H]2O[C@H](CO)[C@@H](OC(=O)CC(C)C)[C@H](O)[C@H]2OC(=O)CC(C)C)[C@@H](OC(=O)CC(C)C)[C@@H]1OC(=O)CC(C)C. The van der Waals surface area contributed by atoms with E-state index in [0.717, 1.165) is 0 Å². The Balaban J connectivity index is 2.85. The van der Waals surface area contributed by atoms with Crippen molar-refractivity contribution in [2.45, 2.75) is 176 Å². The topological polar surface area (TPSA) is 226 Å². The Labute approximate surface area is 348 Å². The third-order valence-corrected chi connectivity index (χ3v) is 8.91. The molecule has 0 aromatic rings. The summed E-state index contributed by atoms with van der Waals surface area (Å²) >= 11 is 0. The average molecular weight is 847 g/mol. The van der Waals surface area contributed by atoms with Gasteiger partial charge in [-0.15, -0.1) is 0 Å². The zero-order valence-electron chi connectivity index (χ0n) is 37.0. The summed E-state index contributed by atoms with van der Waals surface area (Å²) in [5.41, 5.74) is 0. The van der Waals surface area contributed by atoms with Crippen molar-refractivity contribution < 1.29 is 81.6 Å². The summed E-state index contributed by atoms with van der Waals surface area (Å²) in [5.74, 6) is -7.72. The Bertz CT molecular complexity index is 1380. The lowest BCUT2D eigenvalue weighted by molar-refractivity contribution is -0.384. The predicted molar refractivity (Wildman–Crippen MR) is 209 cm³/mol. The molecule has 17 heteroatoms. The first-order valence-electron chi connectivity index (χ1n) is 20.9. The number of hydrogen-bond acceptors (Lipinski definition) is 17. The smallest absolute Gasteiger partial charge is 0.306 e. The summed E-state index contributed by atoms with van der Waals surface area (Å²) < 4.78 is 53.7. The van der Waals surface area contributed by atoms with E-state index in [1.54, 1.807) is 69.2 Å². The highest BCUT2D eigenvalue weighted by atomic mass is 16.8. The molecule has 2 rings (SSSR count). The molecule has 0 amide bonds. The number of carbonyl (C=O) groups excluding carboxylic acids is 6. The molecule has 340 valence electrons. The molecule has 0 radical (unpaired) electrons. The minimum atomic E-state index is -2.47. The van der Waals surface area contributed by atoms with Crippen LogP contribution in [0.3, 0.4) is 0 Å². The Morgan fingerprint density at radius 2 is 0.915 bits per heavy atom. The first kappa shape index (κ1) is 51.8. The molecule has 9 atom stereocenters. The fraction of sp³-hybridized carbons (Fsp3) is 0.857. The molecule has 0 aromatic carbocycles. The maximum absolute atomic E-state index is 13.6. The maximum Gasteiger partial charge on any atom is 0.306 e. The van der Waals surface area contributed by atoms with Crippen LogP contribution in [-0.2, 0) is 71.4 Å². The van der Waals surface area contributed by atoms with Gasteiger partial charge in [-0.1, -0.05) is 83.1 Å². The Morgan fingerprint density at radius 1 is 0.525 bits per heavy atom. The molecule has 2 aliphatic rings. The number of hydrogen-bond donors (Lipinski definition) is 2. The number of carbonyl (C=O) groups is 6. The third-order valence-electron chi connectivity index (χ3n) is 8.91. The zero-order valence-corrected chi connectivity index (χ0v) is 37.0. The fourth-order valence-electron chi connectivity index (χ4n) is 6.37. The monoisotopic (exact) mass is 846 g/mol. The van der Waals surface area contributed by atoms with Crippen LogP contribution >= 0.6 is 0 Å². The van der Waals surface area contributed by atoms with Crippen LogP contribution in [0.5, 0.6) is 0 Å². The molecular formula is C42H70O17. The minimum Gasteiger partial charge on any atom is -0.463 e. The van der Waals surface area contributed by atoms with E-state index in [1.807, 2.05) is 13.8 Å². The van der Waals surface area contributed by atoms with Crippen LogP contribution in [-0.4, -0.2) is 121 Å². The van der Waals surface area contributed by atoms with Crippen LogP contribution in [0.25, 0.3) is 0 Å². The molecule has 2 fully saturated rings. The van der Waals surface area contributed by atoms with Gasteiger partial charge >= 0.3 is 35.8 Å². The van der Waals surface area contributed by atoms with Crippen LogP contribution in [0.1, 0.15) is 122 Å². The summed E-state index contributed by atoms with van der Waals surface area (Å²) in [6.07, 6.45) is -13.6. The molecule has 59 heavy (non-hydrogen) atoms. The van der Waals surface area contributed by atoms with Gasteiger partial charge in [0.2, 0.25) is 12.1 Å². The molecule has 0 saturated carbocycles. The van der Waals surface area contributed by atoms with Crippen molar-refractivity contribution in [3.63, 3.8) is 0 Å². The number of aliphatic hydroxyl groups excluding tert-OH is 2. The van der Waals surface area contributed by atoms with Gasteiger partial charge in [-0.3, -0.25) is 28.8 Å². The van der Waals surface area contributed by atoms with Gasteiger partial charge in [0.25, 0.3) is 0 Å². The van der Waals surface area contributed by atoms with Crippen LogP contribution < -0.4 is 0 Å². The number of aliphatic hydroxyl groups is 2. The second-order valence-corrected chi connectivity index (χ2v) is 18.0. The van der Waals surface area contributed by atoms with E-state index >= 15 is 0 Å². The highest BCUT2D eigenvalue weighted by Gasteiger charge is 2.64. The third kappa shape index (κ3) is 17.3. The molecule has 0 aliphatic carbocycles. The largest absolute Gasteiger partial charge is 0.463 e. The van der Waals surface area contributed by atoms with Crippen LogP contribution in [0.2, 0.25) is 0 Å². The molecule has 0 unspecified atom stereocenters. The van der Waals surface area contributed by atoms with E-state index < -0.39 is 110 Å². The van der Waals surface area contributed by atoms with E-state index in [9.17, 15) is 39.0 Å². The van der Waals surface area contributed by atoms with Crippen molar-refractivity contribution in [3.05, 3.63) is 0 Å². The van der Waals surface area contributed by atoms with Gasteiger partial charge < -0.3 is 52.8 Å². The van der Waals surface area contributed by atoms with E-state index in [1.165, 1.54) is 0 Å². The molecular weight excluding hydrogens is 776 g/mol. The first-order chi connectivity index (χ1) is 27.5. The van der Waals surface area contributed by atoms with E-state index in [-0.39, 0.29) is 74.0 Å². The second-order valence-electron chi connectivity index (χ2n) is 18.0. The summed E-state index contributed by atoms with van der Waals surface area (Å²) in [6, 6.07) is 0. The Morgan fingerprint density at radius 3 is 1.36 bits per heavy atom. The van der Waals surface area contributed by atoms with Gasteiger partial charge in [0, 0.05) is 38.5 Å². The summed E-state index contributed by atoms with van der Waals surface area (Å²) in [4.78, 5) is 79.0.